The van der Waals surface area contributed by atoms with Gasteiger partial charge in [-0.3, -0.25) is 9.78 Å². The highest BCUT2D eigenvalue weighted by atomic mass is 16.5. The fourth-order valence-electron chi connectivity index (χ4n) is 3.10. The Morgan fingerprint density at radius 2 is 2.04 bits per heavy atom. The van der Waals surface area contributed by atoms with Crippen LogP contribution in [0.2, 0.25) is 0 Å². The van der Waals surface area contributed by atoms with Crippen LogP contribution in [0.15, 0.2) is 54.7 Å². The molecule has 1 atom stereocenters. The highest BCUT2D eigenvalue weighted by Gasteiger charge is 2.14. The first kappa shape index (κ1) is 17.0. The lowest BCUT2D eigenvalue weighted by Crippen LogP contribution is -2.11. The van der Waals surface area contributed by atoms with Gasteiger partial charge in [-0.2, -0.15) is 0 Å². The van der Waals surface area contributed by atoms with Crippen LogP contribution in [0.3, 0.4) is 0 Å². The second-order valence-corrected chi connectivity index (χ2v) is 6.27. The predicted octanol–water partition coefficient (Wildman–Crippen LogP) is 4.28. The van der Waals surface area contributed by atoms with Crippen molar-refractivity contribution in [1.29, 1.82) is 0 Å². The fourth-order valence-corrected chi connectivity index (χ4v) is 3.10. The van der Waals surface area contributed by atoms with Crippen LogP contribution in [-0.4, -0.2) is 18.0 Å². The normalized spacial score (nSPS) is 12.1. The molecule has 0 bridgehead atoms. The second-order valence-electron chi connectivity index (χ2n) is 6.27. The number of hydrogen-bond acceptors (Lipinski definition) is 3. The molecule has 0 spiro atoms. The predicted molar refractivity (Wildman–Crippen MR) is 101 cm³/mol. The monoisotopic (exact) mass is 334 g/mol. The highest BCUT2D eigenvalue weighted by Crippen LogP contribution is 2.35. The van der Waals surface area contributed by atoms with Crippen LogP contribution in [0, 0.1) is 0 Å². The van der Waals surface area contributed by atoms with Crippen molar-refractivity contribution < 1.29 is 9.53 Å². The van der Waals surface area contributed by atoms with Crippen molar-refractivity contribution in [3.63, 3.8) is 0 Å². The lowest BCUT2D eigenvalue weighted by molar-refractivity contribution is -0.118. The number of carbonyl (C=O) groups excluding carboxylic acids is 1. The van der Waals surface area contributed by atoms with E-state index in [1.54, 1.807) is 13.3 Å². The van der Waals surface area contributed by atoms with Gasteiger partial charge in [-0.25, -0.2) is 0 Å². The molecule has 3 aromatic rings. The van der Waals surface area contributed by atoms with Gasteiger partial charge in [0.05, 0.1) is 12.8 Å². The number of amides is 1. The quantitative estimate of drug-likeness (QED) is 0.732. The number of benzene rings is 2. The van der Waals surface area contributed by atoms with E-state index in [-0.39, 0.29) is 11.8 Å². The summed E-state index contributed by atoms with van der Waals surface area (Å²) in [6.45, 7) is 2.12. The van der Waals surface area contributed by atoms with E-state index in [9.17, 15) is 4.79 Å². The molecule has 4 heteroatoms. The fraction of sp³-hybridized carbons (Fsp3) is 0.238. The molecule has 25 heavy (non-hydrogen) atoms. The van der Waals surface area contributed by atoms with Gasteiger partial charge in [0, 0.05) is 18.2 Å². The van der Waals surface area contributed by atoms with Crippen molar-refractivity contribution in [3.8, 4) is 17.0 Å². The minimum Gasteiger partial charge on any atom is -0.497 e. The first-order valence-electron chi connectivity index (χ1n) is 8.40. The molecule has 2 N–H and O–H groups in total. The number of ether oxygens (including phenoxy) is 1. The van der Waals surface area contributed by atoms with Crippen LogP contribution in [0.4, 0.5) is 0 Å². The summed E-state index contributed by atoms with van der Waals surface area (Å²) in [5.74, 6) is 0.752. The second kappa shape index (κ2) is 7.34. The Morgan fingerprint density at radius 1 is 1.20 bits per heavy atom. The van der Waals surface area contributed by atoms with Gasteiger partial charge in [-0.15, -0.1) is 0 Å². The average Bonchev–Trinajstić information content (AvgIpc) is 2.65. The number of rotatable bonds is 6. The maximum absolute atomic E-state index is 11.2. The summed E-state index contributed by atoms with van der Waals surface area (Å²) in [6, 6.07) is 16.3. The van der Waals surface area contributed by atoms with Gasteiger partial charge < -0.3 is 10.5 Å². The Kier molecular flexibility index (Phi) is 4.98. The molecule has 128 valence electrons. The van der Waals surface area contributed by atoms with Crippen LogP contribution >= 0.6 is 0 Å². The molecule has 0 saturated carbocycles. The number of fused-ring (bicyclic) bond motifs is 1. The van der Waals surface area contributed by atoms with Gasteiger partial charge in [-0.1, -0.05) is 19.1 Å². The van der Waals surface area contributed by atoms with E-state index in [0.717, 1.165) is 27.8 Å². The van der Waals surface area contributed by atoms with Crippen molar-refractivity contribution >= 4 is 16.7 Å². The molecule has 1 amide bonds. The number of carbonyl (C=O) groups is 1. The number of hydrogen-bond donors (Lipinski definition) is 1. The van der Waals surface area contributed by atoms with Gasteiger partial charge in [0.25, 0.3) is 0 Å². The Bertz CT molecular complexity index is 891. The average molecular weight is 334 g/mol. The molecule has 0 radical (unpaired) electrons. The van der Waals surface area contributed by atoms with E-state index < -0.39 is 0 Å². The zero-order valence-corrected chi connectivity index (χ0v) is 14.5. The minimum atomic E-state index is -0.269. The van der Waals surface area contributed by atoms with Gasteiger partial charge in [0.2, 0.25) is 5.91 Å². The number of methoxy groups -OCH3 is 1. The number of aromatic nitrogens is 1. The smallest absolute Gasteiger partial charge is 0.217 e. The van der Waals surface area contributed by atoms with Crippen molar-refractivity contribution in [2.24, 2.45) is 5.73 Å². The Hall–Kier alpha value is -2.88. The lowest BCUT2D eigenvalue weighted by Gasteiger charge is -2.17. The van der Waals surface area contributed by atoms with Gasteiger partial charge >= 0.3 is 0 Å². The molecule has 0 aliphatic carbocycles. The summed E-state index contributed by atoms with van der Waals surface area (Å²) in [7, 11) is 1.67. The van der Waals surface area contributed by atoms with Gasteiger partial charge in [-0.05, 0) is 65.1 Å². The van der Waals surface area contributed by atoms with Gasteiger partial charge in [0.15, 0.2) is 0 Å². The third-order valence-corrected chi connectivity index (χ3v) is 4.51. The number of nitrogens with two attached hydrogens (primary N) is 1. The Labute approximate surface area is 147 Å². The number of pyridine rings is 1. The summed E-state index contributed by atoms with van der Waals surface area (Å²) in [5.41, 5.74) is 8.51. The third kappa shape index (κ3) is 3.79. The Morgan fingerprint density at radius 3 is 2.72 bits per heavy atom. The summed E-state index contributed by atoms with van der Waals surface area (Å²) in [4.78, 5) is 15.6. The molecule has 0 aliphatic rings. The molecule has 4 nitrogen and oxygen atoms in total. The number of nitrogens with zero attached hydrogens (tertiary/aromatic N) is 1. The molecule has 0 saturated heterocycles. The molecular formula is C21H22N2O2. The van der Waals surface area contributed by atoms with E-state index in [2.05, 4.69) is 30.1 Å². The van der Waals surface area contributed by atoms with Crippen molar-refractivity contribution in [2.75, 3.05) is 7.11 Å². The van der Waals surface area contributed by atoms with E-state index in [1.165, 1.54) is 5.56 Å². The van der Waals surface area contributed by atoms with E-state index in [1.807, 2.05) is 30.3 Å². The lowest BCUT2D eigenvalue weighted by atomic mass is 9.89. The molecule has 0 aliphatic heterocycles. The molecule has 1 unspecified atom stereocenters. The van der Waals surface area contributed by atoms with Crippen LogP contribution < -0.4 is 10.5 Å². The molecular weight excluding hydrogens is 312 g/mol. The maximum atomic E-state index is 11.2. The minimum absolute atomic E-state index is 0.200. The Balaban J connectivity index is 2.13. The van der Waals surface area contributed by atoms with Crippen LogP contribution in [0.5, 0.6) is 5.75 Å². The number of primary amides is 1. The summed E-state index contributed by atoms with van der Waals surface area (Å²) >= 11 is 0. The van der Waals surface area contributed by atoms with E-state index in [4.69, 9.17) is 10.5 Å². The molecule has 3 rings (SSSR count). The summed E-state index contributed by atoms with van der Waals surface area (Å²) < 4.78 is 5.38. The van der Waals surface area contributed by atoms with E-state index >= 15 is 0 Å². The third-order valence-electron chi connectivity index (χ3n) is 4.51. The summed E-state index contributed by atoms with van der Waals surface area (Å²) in [5, 5.41) is 2.26. The van der Waals surface area contributed by atoms with Crippen molar-refractivity contribution in [1.82, 2.24) is 4.98 Å². The van der Waals surface area contributed by atoms with Crippen LogP contribution in [0.25, 0.3) is 22.0 Å². The van der Waals surface area contributed by atoms with Crippen LogP contribution in [0.1, 0.15) is 31.2 Å². The first-order chi connectivity index (χ1) is 12.1. The molecule has 1 aromatic heterocycles. The zero-order valence-electron chi connectivity index (χ0n) is 14.5. The summed E-state index contributed by atoms with van der Waals surface area (Å²) in [6.07, 6.45) is 2.89. The van der Waals surface area contributed by atoms with Crippen molar-refractivity contribution in [2.45, 2.75) is 25.7 Å². The molecule has 1 heterocycles. The van der Waals surface area contributed by atoms with Crippen LogP contribution in [-0.2, 0) is 4.79 Å². The standard InChI is InChI=1S/C21H22N2O2/c1-14(6-9-21(22)24)18-12-16(20-5-3-4-10-23-20)11-15-7-8-17(25-2)13-19(15)18/h3-5,7-8,10-14H,6,9H2,1-2H3,(H2,22,24). The highest BCUT2D eigenvalue weighted by molar-refractivity contribution is 5.91. The zero-order chi connectivity index (χ0) is 17.8. The first-order valence-corrected chi connectivity index (χ1v) is 8.40. The van der Waals surface area contributed by atoms with Gasteiger partial charge in [0.1, 0.15) is 5.75 Å². The molecule has 0 fully saturated rings. The topological polar surface area (TPSA) is 65.2 Å². The SMILES string of the molecule is COc1ccc2cc(-c3ccccn3)cc(C(C)CCC(N)=O)c2c1. The van der Waals surface area contributed by atoms with E-state index in [0.29, 0.717) is 12.8 Å². The molecule has 2 aromatic carbocycles. The van der Waals surface area contributed by atoms with Crippen molar-refractivity contribution in [3.05, 3.63) is 60.3 Å². The maximum Gasteiger partial charge on any atom is 0.217 e. The largest absolute Gasteiger partial charge is 0.497 e.